The molecule has 1 atom stereocenters. The maximum atomic E-state index is 12.9. The van der Waals surface area contributed by atoms with E-state index in [1.54, 1.807) is 22.7 Å². The molecule has 0 unspecified atom stereocenters. The van der Waals surface area contributed by atoms with E-state index in [1.807, 2.05) is 39.3 Å². The molecule has 0 saturated carbocycles. The van der Waals surface area contributed by atoms with Gasteiger partial charge in [-0.15, -0.1) is 11.3 Å². The molecular weight excluding hydrogens is 787 g/mol. The minimum Gasteiger partial charge on any atom is -0.496 e. The second-order valence-corrected chi connectivity index (χ2v) is 15.2. The van der Waals surface area contributed by atoms with Gasteiger partial charge in [0.1, 0.15) is 17.0 Å². The zero-order valence-electron chi connectivity index (χ0n) is 34.9. The van der Waals surface area contributed by atoms with E-state index in [2.05, 4.69) is 31.6 Å². The van der Waals surface area contributed by atoms with Crippen molar-refractivity contribution in [1.29, 1.82) is 0 Å². The zero-order valence-corrected chi connectivity index (χ0v) is 35.7. The number of amides is 5. The van der Waals surface area contributed by atoms with E-state index in [-0.39, 0.29) is 42.0 Å². The lowest BCUT2D eigenvalue weighted by molar-refractivity contribution is -0.125. The Morgan fingerprint density at radius 1 is 0.780 bits per heavy atom. The molecule has 0 fully saturated rings. The number of benzene rings is 1. The Kier molecular flexibility index (Phi) is 22.2. The van der Waals surface area contributed by atoms with Gasteiger partial charge in [0.05, 0.1) is 65.5 Å². The van der Waals surface area contributed by atoms with Crippen molar-refractivity contribution in [2.24, 2.45) is 5.92 Å². The van der Waals surface area contributed by atoms with Crippen LogP contribution in [0.1, 0.15) is 80.6 Å². The molecule has 59 heavy (non-hydrogen) atoms. The normalized spacial score (nSPS) is 11.8. The van der Waals surface area contributed by atoms with Crippen molar-refractivity contribution in [3.8, 4) is 5.75 Å². The molecule has 0 saturated heterocycles. The fraction of sp³-hybridized carbons (Fsp3) is 0.600. The summed E-state index contributed by atoms with van der Waals surface area (Å²) < 4.78 is 34.3. The number of imidazole rings is 1. The van der Waals surface area contributed by atoms with Gasteiger partial charge in [-0.25, -0.2) is 9.78 Å². The van der Waals surface area contributed by atoms with Crippen molar-refractivity contribution >= 4 is 51.7 Å². The number of thiazole rings is 1. The average Bonchev–Trinajstić information content (AvgIpc) is 3.82. The third kappa shape index (κ3) is 20.1. The van der Waals surface area contributed by atoms with Crippen LogP contribution in [0.5, 0.6) is 5.75 Å². The van der Waals surface area contributed by atoms with Crippen molar-refractivity contribution < 1.29 is 52.4 Å². The molecule has 18 nitrogen and oxygen atoms in total. The number of methoxy groups -OCH3 is 1. The summed E-state index contributed by atoms with van der Waals surface area (Å²) >= 11 is 1.42. The van der Waals surface area contributed by atoms with Gasteiger partial charge in [-0.3, -0.25) is 23.6 Å². The molecule has 328 valence electrons. The Labute approximate surface area is 349 Å². The molecule has 5 amide bonds. The number of hydrogen-bond acceptors (Lipinski definition) is 13. The first kappa shape index (κ1) is 48.5. The van der Waals surface area contributed by atoms with Crippen LogP contribution < -0.4 is 31.3 Å². The standard InChI is InChI=1S/C40H61N7O11S/c1-29(9-6-7-13-44-39(52)58-40(2,3)4)35(49)43-16-19-55-21-23-57-25-24-56-22-20-54-18-15-41-34(48)10-8-14-42-36(50)31-27-30(11-12-33(31)53-5)45-37(51)32-28-47-17-26-59-38(47)46-32/h11-12,17,26-29H,6-10,13-16,18-25H2,1-5H3,(H,41,48)(H,42,50)(H,43,49)(H,44,52)(H,45,51)/t29-/m1/s1. The van der Waals surface area contributed by atoms with Gasteiger partial charge in [-0.1, -0.05) is 13.3 Å². The summed E-state index contributed by atoms with van der Waals surface area (Å²) in [6.07, 6.45) is 5.98. The maximum Gasteiger partial charge on any atom is 0.407 e. The number of unbranched alkanes of at least 4 members (excludes halogenated alkanes) is 1. The number of nitrogens with one attached hydrogen (secondary N) is 5. The number of carbonyl (C=O) groups excluding carboxylic acids is 5. The van der Waals surface area contributed by atoms with E-state index in [9.17, 15) is 24.0 Å². The van der Waals surface area contributed by atoms with E-state index in [1.165, 1.54) is 24.5 Å². The lowest BCUT2D eigenvalue weighted by Gasteiger charge is -2.19. The van der Waals surface area contributed by atoms with E-state index >= 15 is 0 Å². The van der Waals surface area contributed by atoms with E-state index < -0.39 is 23.5 Å². The number of ether oxygens (including phenoxy) is 6. The topological polar surface area (TPSA) is 218 Å². The van der Waals surface area contributed by atoms with Crippen LogP contribution >= 0.6 is 11.3 Å². The molecule has 0 aliphatic rings. The second kappa shape index (κ2) is 27.0. The lowest BCUT2D eigenvalue weighted by atomic mass is 10.0. The van der Waals surface area contributed by atoms with E-state index in [0.29, 0.717) is 95.3 Å². The van der Waals surface area contributed by atoms with Gasteiger partial charge in [-0.05, 0) is 58.2 Å². The van der Waals surface area contributed by atoms with Gasteiger partial charge < -0.3 is 55.0 Å². The van der Waals surface area contributed by atoms with Gasteiger partial charge in [0, 0.05) is 62.0 Å². The van der Waals surface area contributed by atoms with Gasteiger partial charge in [0.25, 0.3) is 11.8 Å². The molecule has 5 N–H and O–H groups in total. The first-order valence-electron chi connectivity index (χ1n) is 19.9. The highest BCUT2D eigenvalue weighted by molar-refractivity contribution is 7.15. The Bertz CT molecular complexity index is 1720. The summed E-state index contributed by atoms with van der Waals surface area (Å²) in [5.74, 6) is -0.754. The largest absolute Gasteiger partial charge is 0.496 e. The Hall–Kier alpha value is -4.82. The summed E-state index contributed by atoms with van der Waals surface area (Å²) in [5.41, 5.74) is 0.397. The monoisotopic (exact) mass is 847 g/mol. The third-order valence-corrected chi connectivity index (χ3v) is 9.07. The van der Waals surface area contributed by atoms with Crippen LogP contribution in [-0.2, 0) is 33.3 Å². The highest BCUT2D eigenvalue weighted by Crippen LogP contribution is 2.23. The average molecular weight is 848 g/mol. The first-order valence-corrected chi connectivity index (χ1v) is 20.8. The van der Waals surface area contributed by atoms with Crippen molar-refractivity contribution in [3.05, 3.63) is 47.2 Å². The molecule has 19 heteroatoms. The van der Waals surface area contributed by atoms with E-state index in [4.69, 9.17) is 28.4 Å². The molecular formula is C40H61N7O11S. The van der Waals surface area contributed by atoms with Gasteiger partial charge in [-0.2, -0.15) is 0 Å². The molecule has 0 aliphatic heterocycles. The number of nitrogens with zero attached hydrogens (tertiary/aromatic N) is 2. The third-order valence-electron chi connectivity index (χ3n) is 8.30. The number of anilines is 1. The summed E-state index contributed by atoms with van der Waals surface area (Å²) in [6, 6.07) is 4.77. The minimum absolute atomic E-state index is 0.0228. The molecule has 0 aliphatic carbocycles. The van der Waals surface area contributed by atoms with Crippen LogP contribution in [0.15, 0.2) is 36.0 Å². The molecule has 3 aromatic rings. The van der Waals surface area contributed by atoms with Crippen LogP contribution in [0.2, 0.25) is 0 Å². The molecule has 2 aromatic heterocycles. The van der Waals surface area contributed by atoms with Gasteiger partial charge in [0.2, 0.25) is 11.8 Å². The SMILES string of the molecule is COc1ccc(NC(=O)c2cn3ccsc3n2)cc1C(=O)NCCCC(=O)NCCOCCOCCOCCOCCNC(=O)[C@H](C)CCCCNC(=O)OC(C)(C)C. The highest BCUT2D eigenvalue weighted by Gasteiger charge is 2.18. The van der Waals surface area contributed by atoms with Crippen molar-refractivity contribution in [3.63, 3.8) is 0 Å². The van der Waals surface area contributed by atoms with Crippen LogP contribution in [0.25, 0.3) is 4.96 Å². The predicted molar refractivity (Wildman–Crippen MR) is 222 cm³/mol. The van der Waals surface area contributed by atoms with Crippen LogP contribution in [-0.4, -0.2) is 131 Å². The summed E-state index contributed by atoms with van der Waals surface area (Å²) in [4.78, 5) is 66.7. The number of alkyl carbamates (subject to hydrolysis) is 1. The fourth-order valence-electron chi connectivity index (χ4n) is 5.29. The lowest BCUT2D eigenvalue weighted by Crippen LogP contribution is -2.33. The smallest absolute Gasteiger partial charge is 0.407 e. The van der Waals surface area contributed by atoms with Crippen molar-refractivity contribution in [2.75, 3.05) is 91.5 Å². The maximum absolute atomic E-state index is 12.9. The number of aromatic nitrogens is 2. The van der Waals surface area contributed by atoms with Crippen molar-refractivity contribution in [1.82, 2.24) is 30.7 Å². The number of carbonyl (C=O) groups is 5. The molecule has 0 radical (unpaired) electrons. The molecule has 3 rings (SSSR count). The molecule has 0 spiro atoms. The Morgan fingerprint density at radius 2 is 1.42 bits per heavy atom. The Balaban J connectivity index is 1.09. The van der Waals surface area contributed by atoms with Gasteiger partial charge in [0.15, 0.2) is 4.96 Å². The molecule has 0 bridgehead atoms. The number of fused-ring (bicyclic) bond motifs is 1. The van der Waals surface area contributed by atoms with Crippen molar-refractivity contribution in [2.45, 2.75) is 65.4 Å². The summed E-state index contributed by atoms with van der Waals surface area (Å²) in [6.45, 7) is 12.0. The van der Waals surface area contributed by atoms with Crippen LogP contribution in [0.4, 0.5) is 10.5 Å². The number of rotatable bonds is 29. The molecule has 2 heterocycles. The minimum atomic E-state index is -0.525. The summed E-state index contributed by atoms with van der Waals surface area (Å²) in [7, 11) is 1.46. The number of hydrogen-bond donors (Lipinski definition) is 5. The zero-order chi connectivity index (χ0) is 42.9. The Morgan fingerprint density at radius 3 is 2.07 bits per heavy atom. The second-order valence-electron chi connectivity index (χ2n) is 14.4. The van der Waals surface area contributed by atoms with Gasteiger partial charge >= 0.3 is 6.09 Å². The van der Waals surface area contributed by atoms with E-state index in [0.717, 1.165) is 19.3 Å². The molecule has 1 aromatic carbocycles. The predicted octanol–water partition coefficient (Wildman–Crippen LogP) is 3.80. The quantitative estimate of drug-likeness (QED) is 0.0631. The van der Waals surface area contributed by atoms with Crippen LogP contribution in [0, 0.1) is 5.92 Å². The highest BCUT2D eigenvalue weighted by atomic mass is 32.1. The fourth-order valence-corrected chi connectivity index (χ4v) is 5.99. The summed E-state index contributed by atoms with van der Waals surface area (Å²) in [5, 5.41) is 15.8. The van der Waals surface area contributed by atoms with Crippen LogP contribution in [0.3, 0.4) is 0 Å². The first-order chi connectivity index (χ1) is 28.4.